The summed E-state index contributed by atoms with van der Waals surface area (Å²) in [6.45, 7) is 1.39. The molecule has 0 N–H and O–H groups in total. The van der Waals surface area contributed by atoms with Crippen LogP contribution in [0.5, 0.6) is 0 Å². The van der Waals surface area contributed by atoms with Gasteiger partial charge in [-0.15, -0.1) is 0 Å². The molecule has 92 valence electrons. The zero-order valence-corrected chi connectivity index (χ0v) is 10.1. The van der Waals surface area contributed by atoms with Crippen LogP contribution in [0.4, 0.5) is 0 Å². The van der Waals surface area contributed by atoms with Crippen LogP contribution in [0.1, 0.15) is 31.4 Å². The molecule has 1 aromatic heterocycles. The summed E-state index contributed by atoms with van der Waals surface area (Å²) >= 11 is 0. The van der Waals surface area contributed by atoms with E-state index in [1.807, 2.05) is 18.2 Å². The molecule has 0 saturated heterocycles. The number of aromatic nitrogens is 1. The summed E-state index contributed by atoms with van der Waals surface area (Å²) in [7, 11) is 0. The lowest BCUT2D eigenvalue weighted by atomic mass is 10.0. The minimum Gasteiger partial charge on any atom is -0.381 e. The van der Waals surface area contributed by atoms with Crippen LogP contribution >= 0.6 is 0 Å². The van der Waals surface area contributed by atoms with Gasteiger partial charge in [0.1, 0.15) is 5.78 Å². The number of pyridine rings is 1. The third-order valence-electron chi connectivity index (χ3n) is 3.27. The van der Waals surface area contributed by atoms with Gasteiger partial charge in [-0.1, -0.05) is 6.07 Å². The first kappa shape index (κ1) is 12.2. The van der Waals surface area contributed by atoms with Crippen molar-refractivity contribution < 1.29 is 9.53 Å². The number of Topliss-reactive ketones (excluding diaryl/α,β-unsaturated/α-hetero) is 1. The van der Waals surface area contributed by atoms with Gasteiger partial charge in [-0.25, -0.2) is 0 Å². The van der Waals surface area contributed by atoms with Crippen LogP contribution in [-0.4, -0.2) is 24.0 Å². The number of hydrogen-bond acceptors (Lipinski definition) is 3. The smallest absolute Gasteiger partial charge is 0.136 e. The van der Waals surface area contributed by atoms with Crippen molar-refractivity contribution in [2.75, 3.05) is 13.2 Å². The Morgan fingerprint density at radius 1 is 1.35 bits per heavy atom. The molecule has 0 spiro atoms. The Morgan fingerprint density at radius 2 is 2.29 bits per heavy atom. The molecule has 3 nitrogen and oxygen atoms in total. The van der Waals surface area contributed by atoms with E-state index in [-0.39, 0.29) is 5.92 Å². The maximum atomic E-state index is 11.4. The number of ether oxygens (including phenoxy) is 1. The van der Waals surface area contributed by atoms with Gasteiger partial charge in [-0.2, -0.15) is 0 Å². The standard InChI is InChI=1S/C14H19NO2/c16-14-6-3-4-12(14)7-10-17-11-8-13-5-1-2-9-15-13/h1-2,5,9,12H,3-4,6-8,10-11H2. The molecule has 0 bridgehead atoms. The highest BCUT2D eigenvalue weighted by molar-refractivity contribution is 5.82. The SMILES string of the molecule is O=C1CCCC1CCOCCc1ccccn1. The zero-order valence-electron chi connectivity index (χ0n) is 10.1. The van der Waals surface area contributed by atoms with E-state index < -0.39 is 0 Å². The monoisotopic (exact) mass is 233 g/mol. The number of carbonyl (C=O) groups is 1. The molecule has 1 saturated carbocycles. The summed E-state index contributed by atoms with van der Waals surface area (Å²) in [6, 6.07) is 5.90. The van der Waals surface area contributed by atoms with E-state index >= 15 is 0 Å². The van der Waals surface area contributed by atoms with E-state index in [0.29, 0.717) is 19.0 Å². The Bertz CT molecular complexity index is 350. The second-order valence-corrected chi connectivity index (χ2v) is 4.53. The van der Waals surface area contributed by atoms with Crippen LogP contribution in [0.2, 0.25) is 0 Å². The van der Waals surface area contributed by atoms with Crippen LogP contribution in [0.15, 0.2) is 24.4 Å². The topological polar surface area (TPSA) is 39.2 Å². The Morgan fingerprint density at radius 3 is 3.00 bits per heavy atom. The van der Waals surface area contributed by atoms with Gasteiger partial charge in [-0.3, -0.25) is 9.78 Å². The van der Waals surface area contributed by atoms with Crippen molar-refractivity contribution in [1.29, 1.82) is 0 Å². The van der Waals surface area contributed by atoms with Crippen molar-refractivity contribution in [2.24, 2.45) is 5.92 Å². The second-order valence-electron chi connectivity index (χ2n) is 4.53. The molecule has 3 heteroatoms. The maximum Gasteiger partial charge on any atom is 0.136 e. The van der Waals surface area contributed by atoms with E-state index in [1.54, 1.807) is 6.20 Å². The van der Waals surface area contributed by atoms with E-state index in [1.165, 1.54) is 0 Å². The minimum atomic E-state index is 0.268. The Balaban J connectivity index is 1.56. The molecule has 1 aliphatic carbocycles. The Kier molecular flexibility index (Phi) is 4.68. The fourth-order valence-corrected chi connectivity index (χ4v) is 2.24. The predicted molar refractivity (Wildman–Crippen MR) is 65.7 cm³/mol. The summed E-state index contributed by atoms with van der Waals surface area (Å²) in [5, 5.41) is 0. The molecule has 1 atom stereocenters. The average molecular weight is 233 g/mol. The van der Waals surface area contributed by atoms with E-state index in [0.717, 1.165) is 37.8 Å². The van der Waals surface area contributed by atoms with Crippen LogP contribution in [0.3, 0.4) is 0 Å². The van der Waals surface area contributed by atoms with E-state index in [9.17, 15) is 4.79 Å². The number of hydrogen-bond donors (Lipinski definition) is 0. The number of carbonyl (C=O) groups excluding carboxylic acids is 1. The van der Waals surface area contributed by atoms with Gasteiger partial charge >= 0.3 is 0 Å². The predicted octanol–water partition coefficient (Wildman–Crippen LogP) is 2.40. The molecule has 17 heavy (non-hydrogen) atoms. The van der Waals surface area contributed by atoms with Crippen LogP contribution < -0.4 is 0 Å². The third kappa shape index (κ3) is 3.93. The fraction of sp³-hybridized carbons (Fsp3) is 0.571. The van der Waals surface area contributed by atoms with Gasteiger partial charge < -0.3 is 4.74 Å². The summed E-state index contributed by atoms with van der Waals surface area (Å²) in [5.74, 6) is 0.697. The van der Waals surface area contributed by atoms with Gasteiger partial charge in [0.05, 0.1) is 6.61 Å². The Hall–Kier alpha value is -1.22. The maximum absolute atomic E-state index is 11.4. The van der Waals surface area contributed by atoms with Crippen LogP contribution in [0.25, 0.3) is 0 Å². The number of nitrogens with zero attached hydrogens (tertiary/aromatic N) is 1. The fourth-order valence-electron chi connectivity index (χ4n) is 2.24. The quantitative estimate of drug-likeness (QED) is 0.708. The van der Waals surface area contributed by atoms with Crippen LogP contribution in [0, 0.1) is 5.92 Å². The molecule has 1 fully saturated rings. The van der Waals surface area contributed by atoms with Gasteiger partial charge in [0.25, 0.3) is 0 Å². The van der Waals surface area contributed by atoms with Crippen molar-refractivity contribution in [3.63, 3.8) is 0 Å². The summed E-state index contributed by atoms with van der Waals surface area (Å²) in [4.78, 5) is 15.6. The van der Waals surface area contributed by atoms with Gasteiger partial charge in [-0.05, 0) is 31.4 Å². The summed E-state index contributed by atoms with van der Waals surface area (Å²) < 4.78 is 5.56. The number of rotatable bonds is 6. The minimum absolute atomic E-state index is 0.268. The molecule has 1 aromatic rings. The lowest BCUT2D eigenvalue weighted by Crippen LogP contribution is -2.10. The first-order valence-corrected chi connectivity index (χ1v) is 6.36. The summed E-state index contributed by atoms with van der Waals surface area (Å²) in [6.07, 6.45) is 6.44. The van der Waals surface area contributed by atoms with E-state index in [4.69, 9.17) is 4.74 Å². The normalized spacial score (nSPS) is 19.8. The molecule has 1 unspecified atom stereocenters. The highest BCUT2D eigenvalue weighted by atomic mass is 16.5. The molecule has 0 aromatic carbocycles. The molecule has 0 radical (unpaired) electrons. The summed E-state index contributed by atoms with van der Waals surface area (Å²) in [5.41, 5.74) is 1.06. The lowest BCUT2D eigenvalue weighted by Gasteiger charge is -2.08. The highest BCUT2D eigenvalue weighted by Crippen LogP contribution is 2.23. The van der Waals surface area contributed by atoms with Crippen molar-refractivity contribution in [2.45, 2.75) is 32.1 Å². The molecular weight excluding hydrogens is 214 g/mol. The van der Waals surface area contributed by atoms with E-state index in [2.05, 4.69) is 4.98 Å². The largest absolute Gasteiger partial charge is 0.381 e. The zero-order chi connectivity index (χ0) is 11.9. The first-order chi connectivity index (χ1) is 8.36. The van der Waals surface area contributed by atoms with Gasteiger partial charge in [0, 0.05) is 37.3 Å². The molecule has 0 amide bonds. The molecule has 1 aliphatic rings. The highest BCUT2D eigenvalue weighted by Gasteiger charge is 2.23. The molecule has 2 rings (SSSR count). The second kappa shape index (κ2) is 6.50. The van der Waals surface area contributed by atoms with Gasteiger partial charge in [0.2, 0.25) is 0 Å². The van der Waals surface area contributed by atoms with Crippen molar-refractivity contribution in [1.82, 2.24) is 4.98 Å². The Labute approximate surface area is 102 Å². The molecule has 1 heterocycles. The van der Waals surface area contributed by atoms with Crippen molar-refractivity contribution >= 4 is 5.78 Å². The van der Waals surface area contributed by atoms with Crippen molar-refractivity contribution in [3.8, 4) is 0 Å². The molecule has 0 aliphatic heterocycles. The van der Waals surface area contributed by atoms with Gasteiger partial charge in [0.15, 0.2) is 0 Å². The lowest BCUT2D eigenvalue weighted by molar-refractivity contribution is -0.121. The molecular formula is C14H19NO2. The van der Waals surface area contributed by atoms with Crippen LogP contribution in [-0.2, 0) is 16.0 Å². The number of ketones is 1. The van der Waals surface area contributed by atoms with Crippen molar-refractivity contribution in [3.05, 3.63) is 30.1 Å². The first-order valence-electron chi connectivity index (χ1n) is 6.36. The average Bonchev–Trinajstić information content (AvgIpc) is 2.76. The third-order valence-corrected chi connectivity index (χ3v) is 3.27.